The Morgan fingerprint density at radius 1 is 0.270 bits per heavy atom. The Morgan fingerprint density at radius 2 is 0.460 bits per heavy atom. The number of aliphatic hydroxyl groups is 1. The summed E-state index contributed by atoms with van der Waals surface area (Å²) < 4.78 is 68.6. The molecule has 0 aliphatic rings. The molecule has 0 aromatic rings. The normalized spacial score (nSPS) is 13.8. The second kappa shape index (κ2) is 73.9. The number of aliphatic hydroxyl groups excluding tert-OH is 1. The van der Waals surface area contributed by atoms with Crippen LogP contribution in [0.4, 0.5) is 0 Å². The summed E-state index contributed by atoms with van der Waals surface area (Å²) in [5.41, 5.74) is 0. The number of esters is 4. The van der Waals surface area contributed by atoms with Crippen LogP contribution >= 0.6 is 15.6 Å². The van der Waals surface area contributed by atoms with Gasteiger partial charge in [-0.25, -0.2) is 9.13 Å². The fraction of sp³-hybridized carbons (Fsp3) is 0.951. The van der Waals surface area contributed by atoms with Crippen molar-refractivity contribution in [2.45, 2.75) is 451 Å². The lowest BCUT2D eigenvalue weighted by molar-refractivity contribution is -0.161. The first-order chi connectivity index (χ1) is 48.5. The summed E-state index contributed by atoms with van der Waals surface area (Å²) in [5.74, 6) is -1.42. The van der Waals surface area contributed by atoms with Crippen LogP contribution in [-0.2, 0) is 65.4 Å². The zero-order valence-electron chi connectivity index (χ0n) is 65.3. The van der Waals surface area contributed by atoms with E-state index in [0.717, 1.165) is 89.9 Å². The van der Waals surface area contributed by atoms with Crippen LogP contribution in [0.5, 0.6) is 0 Å². The number of hydrogen-bond donors (Lipinski definition) is 3. The van der Waals surface area contributed by atoms with Gasteiger partial charge in [0, 0.05) is 25.7 Å². The van der Waals surface area contributed by atoms with Gasteiger partial charge in [-0.3, -0.25) is 37.3 Å². The largest absolute Gasteiger partial charge is 0.472 e. The van der Waals surface area contributed by atoms with Gasteiger partial charge in [-0.1, -0.05) is 381 Å². The molecule has 0 saturated carbocycles. The smallest absolute Gasteiger partial charge is 0.462 e. The first-order valence-corrected chi connectivity index (χ1v) is 45.1. The summed E-state index contributed by atoms with van der Waals surface area (Å²) in [7, 11) is -9.91. The summed E-state index contributed by atoms with van der Waals surface area (Å²) in [5, 5.41) is 10.6. The van der Waals surface area contributed by atoms with E-state index in [-0.39, 0.29) is 25.7 Å². The number of phosphoric ester groups is 2. The van der Waals surface area contributed by atoms with Crippen LogP contribution in [-0.4, -0.2) is 96.7 Å². The molecule has 3 N–H and O–H groups in total. The molecule has 594 valence electrons. The molecule has 17 nitrogen and oxygen atoms in total. The van der Waals surface area contributed by atoms with Crippen molar-refractivity contribution in [2.24, 2.45) is 5.92 Å². The highest BCUT2D eigenvalue weighted by Gasteiger charge is 2.30. The molecule has 0 spiro atoms. The van der Waals surface area contributed by atoms with Crippen LogP contribution in [0, 0.1) is 5.92 Å². The van der Waals surface area contributed by atoms with Gasteiger partial charge in [-0.2, -0.15) is 0 Å². The topological polar surface area (TPSA) is 237 Å². The van der Waals surface area contributed by atoms with E-state index in [9.17, 15) is 43.2 Å². The molecule has 0 amide bonds. The van der Waals surface area contributed by atoms with E-state index in [2.05, 4.69) is 34.6 Å². The number of carbonyl (C=O) groups excluding carboxylic acids is 4. The maximum atomic E-state index is 13.1. The molecule has 100 heavy (non-hydrogen) atoms. The Bertz CT molecular complexity index is 1910. The molecule has 0 radical (unpaired) electrons. The highest BCUT2D eigenvalue weighted by molar-refractivity contribution is 7.47. The van der Waals surface area contributed by atoms with Crippen LogP contribution in [0.15, 0.2) is 0 Å². The molecule has 0 saturated heterocycles. The molecule has 0 aromatic carbocycles. The highest BCUT2D eigenvalue weighted by atomic mass is 31.2. The Labute approximate surface area is 613 Å². The monoisotopic (exact) mass is 1470 g/mol. The molecule has 0 bridgehead atoms. The van der Waals surface area contributed by atoms with E-state index < -0.39 is 97.5 Å². The maximum absolute atomic E-state index is 13.1. The minimum absolute atomic E-state index is 0.104. The lowest BCUT2D eigenvalue weighted by Gasteiger charge is -2.21. The first kappa shape index (κ1) is 98.1. The Balaban J connectivity index is 5.18. The van der Waals surface area contributed by atoms with Crippen molar-refractivity contribution in [3.8, 4) is 0 Å². The number of phosphoric acid groups is 2. The van der Waals surface area contributed by atoms with Gasteiger partial charge in [-0.05, 0) is 31.6 Å². The minimum atomic E-state index is -4.96. The molecule has 0 rings (SSSR count). The standard InChI is InChI=1S/C81H158O17P2/c1-6-9-12-15-18-21-24-26-28-30-32-34-36-38-40-42-45-50-55-60-65-79(84)92-70-76(97-80(85)66-61-56-51-46-43-41-39-37-35-33-31-29-27-25-22-19-16-13-10-7-2)72-95-99(87,88)93-68-75(82)69-94-100(89,90)96-73-77(98-81(86)67-62-57-52-47-48-53-58-63-74(4)5)71-91-78(83)64-59-54-49-44-23-20-17-14-11-8-3/h74-77,82H,6-73H2,1-5H3,(H,87,88)(H,89,90)/t75-,76-,77-/m1/s1. The lowest BCUT2D eigenvalue weighted by atomic mass is 10.0. The predicted molar refractivity (Wildman–Crippen MR) is 409 cm³/mol. The van der Waals surface area contributed by atoms with Gasteiger partial charge >= 0.3 is 39.5 Å². The quantitative estimate of drug-likeness (QED) is 0.0222. The number of hydrogen-bond acceptors (Lipinski definition) is 15. The summed E-state index contributed by atoms with van der Waals surface area (Å²) in [4.78, 5) is 72.9. The van der Waals surface area contributed by atoms with Crippen LogP contribution < -0.4 is 0 Å². The lowest BCUT2D eigenvalue weighted by Crippen LogP contribution is -2.30. The van der Waals surface area contributed by atoms with Crippen molar-refractivity contribution < 1.29 is 80.2 Å². The van der Waals surface area contributed by atoms with Crippen molar-refractivity contribution in [1.82, 2.24) is 0 Å². The molecule has 0 aliphatic carbocycles. The third kappa shape index (κ3) is 74.3. The summed E-state index contributed by atoms with van der Waals surface area (Å²) in [6, 6.07) is 0. The molecule has 0 aliphatic heterocycles. The Kier molecular flexibility index (Phi) is 72.5. The maximum Gasteiger partial charge on any atom is 0.472 e. The number of rotatable bonds is 81. The van der Waals surface area contributed by atoms with Gasteiger partial charge in [0.25, 0.3) is 0 Å². The zero-order chi connectivity index (χ0) is 73.4. The third-order valence-electron chi connectivity index (χ3n) is 19.0. The zero-order valence-corrected chi connectivity index (χ0v) is 67.1. The summed E-state index contributed by atoms with van der Waals surface area (Å²) >= 11 is 0. The predicted octanol–water partition coefficient (Wildman–Crippen LogP) is 24.4. The van der Waals surface area contributed by atoms with Gasteiger partial charge in [0.05, 0.1) is 26.4 Å². The molecule has 19 heteroatoms. The summed E-state index contributed by atoms with van der Waals surface area (Å²) in [6.45, 7) is 7.25. The molecule has 0 aromatic heterocycles. The van der Waals surface area contributed by atoms with Crippen LogP contribution in [0.2, 0.25) is 0 Å². The van der Waals surface area contributed by atoms with E-state index in [0.29, 0.717) is 31.6 Å². The van der Waals surface area contributed by atoms with E-state index in [1.165, 1.54) is 257 Å². The second-order valence-electron chi connectivity index (χ2n) is 29.6. The molecule has 5 atom stereocenters. The third-order valence-corrected chi connectivity index (χ3v) is 20.9. The van der Waals surface area contributed by atoms with Gasteiger partial charge in [0.1, 0.15) is 19.3 Å². The van der Waals surface area contributed by atoms with Gasteiger partial charge in [-0.15, -0.1) is 0 Å². The Hall–Kier alpha value is -1.94. The van der Waals surface area contributed by atoms with Gasteiger partial charge in [0.15, 0.2) is 12.2 Å². The van der Waals surface area contributed by atoms with E-state index in [1.807, 2.05) is 0 Å². The van der Waals surface area contributed by atoms with Crippen LogP contribution in [0.1, 0.15) is 433 Å². The SMILES string of the molecule is CCCCCCCCCCCCCCCCCCCCCCC(=O)OC[C@H](COP(=O)(O)OC[C@@H](O)COP(=O)(O)OC[C@@H](COC(=O)CCCCCCCCCCCC)OC(=O)CCCCCCCCCC(C)C)OC(=O)CCCCCCCCCCCCCCCCCCCCCC. The Morgan fingerprint density at radius 3 is 0.680 bits per heavy atom. The average molecular weight is 1470 g/mol. The molecule has 0 fully saturated rings. The van der Waals surface area contributed by atoms with Crippen molar-refractivity contribution in [2.75, 3.05) is 39.6 Å². The molecule has 2 unspecified atom stereocenters. The van der Waals surface area contributed by atoms with E-state index in [1.54, 1.807) is 0 Å². The average Bonchev–Trinajstić information content (AvgIpc) is 0.912. The van der Waals surface area contributed by atoms with Crippen molar-refractivity contribution in [3.05, 3.63) is 0 Å². The highest BCUT2D eigenvalue weighted by Crippen LogP contribution is 2.45. The second-order valence-corrected chi connectivity index (χ2v) is 32.5. The molecular weight excluding hydrogens is 1310 g/mol. The number of ether oxygens (including phenoxy) is 4. The minimum Gasteiger partial charge on any atom is -0.462 e. The molecule has 0 heterocycles. The fourth-order valence-corrected chi connectivity index (χ4v) is 14.2. The van der Waals surface area contributed by atoms with Crippen molar-refractivity contribution in [3.63, 3.8) is 0 Å². The van der Waals surface area contributed by atoms with Crippen molar-refractivity contribution >= 4 is 39.5 Å². The van der Waals surface area contributed by atoms with Gasteiger partial charge < -0.3 is 33.8 Å². The van der Waals surface area contributed by atoms with Crippen LogP contribution in [0.25, 0.3) is 0 Å². The van der Waals surface area contributed by atoms with Gasteiger partial charge in [0.2, 0.25) is 0 Å². The molecular formula is C81H158O17P2. The van der Waals surface area contributed by atoms with Crippen molar-refractivity contribution in [1.29, 1.82) is 0 Å². The number of unbranched alkanes of at least 4 members (excludes halogenated alkanes) is 53. The fourth-order valence-electron chi connectivity index (χ4n) is 12.6. The summed E-state index contributed by atoms with van der Waals surface area (Å²) in [6.07, 6.45) is 65.5. The van der Waals surface area contributed by atoms with E-state index in [4.69, 9.17) is 37.0 Å². The van der Waals surface area contributed by atoms with Crippen LogP contribution in [0.3, 0.4) is 0 Å². The number of carbonyl (C=O) groups is 4. The van der Waals surface area contributed by atoms with E-state index >= 15 is 0 Å². The first-order valence-electron chi connectivity index (χ1n) is 42.1.